The van der Waals surface area contributed by atoms with E-state index in [1.807, 2.05) is 6.08 Å². The maximum Gasteiger partial charge on any atom is 0.228 e. The Balaban J connectivity index is 2.14. The number of carbonyl (C=O) groups excluding carboxylic acids is 2. The minimum Gasteiger partial charge on any atom is -0.550 e. The summed E-state index contributed by atoms with van der Waals surface area (Å²) in [7, 11) is 1.51. The first-order valence-corrected chi connectivity index (χ1v) is 6.43. The highest BCUT2D eigenvalue weighted by Gasteiger charge is 2.30. The number of ether oxygens (including phenoxy) is 1. The molecule has 1 aromatic carbocycles. The monoisotopic (exact) mass is 274 g/mol. The Kier molecular flexibility index (Phi) is 4.40. The van der Waals surface area contributed by atoms with Crippen molar-refractivity contribution in [1.82, 2.24) is 0 Å². The van der Waals surface area contributed by atoms with E-state index in [1.54, 1.807) is 30.3 Å². The van der Waals surface area contributed by atoms with Gasteiger partial charge >= 0.3 is 0 Å². The number of allylic oxidation sites excluding steroid dienone is 2. The fourth-order valence-corrected chi connectivity index (χ4v) is 2.34. The lowest BCUT2D eigenvalue weighted by Crippen LogP contribution is -2.41. The van der Waals surface area contributed by atoms with Crippen LogP contribution in [0.1, 0.15) is 12.8 Å². The molecule has 5 nitrogen and oxygen atoms in total. The number of carboxylic acid groups (broad SMARTS) is 1. The Morgan fingerprint density at radius 1 is 1.20 bits per heavy atom. The van der Waals surface area contributed by atoms with Gasteiger partial charge < -0.3 is 20.0 Å². The fourth-order valence-electron chi connectivity index (χ4n) is 2.34. The van der Waals surface area contributed by atoms with Crippen LogP contribution in [0.15, 0.2) is 36.4 Å². The van der Waals surface area contributed by atoms with Crippen molar-refractivity contribution in [2.24, 2.45) is 11.8 Å². The molecule has 0 unspecified atom stereocenters. The molecule has 2 rings (SSSR count). The normalized spacial score (nSPS) is 21.2. The van der Waals surface area contributed by atoms with Crippen LogP contribution in [0, 0.1) is 11.8 Å². The van der Waals surface area contributed by atoms with Gasteiger partial charge in [0.15, 0.2) is 0 Å². The van der Waals surface area contributed by atoms with Gasteiger partial charge in [0.05, 0.1) is 18.7 Å². The molecule has 0 radical (unpaired) electrons. The first-order chi connectivity index (χ1) is 9.63. The van der Waals surface area contributed by atoms with Gasteiger partial charge in [0.1, 0.15) is 5.75 Å². The molecule has 0 spiro atoms. The molecule has 0 heterocycles. The second kappa shape index (κ2) is 6.23. The number of benzene rings is 1. The van der Waals surface area contributed by atoms with Crippen molar-refractivity contribution in [3.63, 3.8) is 0 Å². The third-order valence-electron chi connectivity index (χ3n) is 3.44. The lowest BCUT2D eigenvalue weighted by atomic mass is 9.82. The average Bonchev–Trinajstić information content (AvgIpc) is 2.47. The highest BCUT2D eigenvalue weighted by atomic mass is 16.5. The summed E-state index contributed by atoms with van der Waals surface area (Å²) in [5.74, 6) is -2.37. The zero-order valence-corrected chi connectivity index (χ0v) is 11.2. The topological polar surface area (TPSA) is 78.5 Å². The molecule has 1 aliphatic carbocycles. The van der Waals surface area contributed by atoms with E-state index in [9.17, 15) is 14.7 Å². The predicted molar refractivity (Wildman–Crippen MR) is 72.0 cm³/mol. The molecule has 106 valence electrons. The Morgan fingerprint density at radius 2 is 1.85 bits per heavy atom. The molecule has 1 N–H and O–H groups in total. The molecule has 0 aromatic heterocycles. The number of amides is 1. The second-order valence-corrected chi connectivity index (χ2v) is 4.66. The Bertz CT molecular complexity index is 538. The predicted octanol–water partition coefficient (Wildman–Crippen LogP) is 0.966. The van der Waals surface area contributed by atoms with Gasteiger partial charge in [-0.05, 0) is 25.0 Å². The van der Waals surface area contributed by atoms with Crippen molar-refractivity contribution in [2.45, 2.75) is 12.8 Å². The lowest BCUT2D eigenvalue weighted by Gasteiger charge is -2.28. The van der Waals surface area contributed by atoms with E-state index < -0.39 is 17.8 Å². The van der Waals surface area contributed by atoms with Gasteiger partial charge in [-0.1, -0.05) is 24.3 Å². The molecule has 0 saturated heterocycles. The lowest BCUT2D eigenvalue weighted by molar-refractivity contribution is -0.313. The van der Waals surface area contributed by atoms with Crippen molar-refractivity contribution >= 4 is 17.6 Å². The number of nitrogens with one attached hydrogen (secondary N) is 1. The Labute approximate surface area is 117 Å². The van der Waals surface area contributed by atoms with Gasteiger partial charge in [0.25, 0.3) is 0 Å². The first-order valence-electron chi connectivity index (χ1n) is 6.43. The van der Waals surface area contributed by atoms with Gasteiger partial charge in [-0.15, -0.1) is 0 Å². The SMILES string of the molecule is COc1ccccc1NC(=O)[C@@H]1CC=CC[C@H]1C(=O)[O-]. The molecule has 1 amide bonds. The van der Waals surface area contributed by atoms with E-state index in [-0.39, 0.29) is 5.91 Å². The number of carbonyl (C=O) groups is 2. The third-order valence-corrected chi connectivity index (χ3v) is 3.44. The van der Waals surface area contributed by atoms with Crippen LogP contribution in [0.3, 0.4) is 0 Å². The summed E-state index contributed by atoms with van der Waals surface area (Å²) in [6.45, 7) is 0. The van der Waals surface area contributed by atoms with Crippen LogP contribution in [0.2, 0.25) is 0 Å². The summed E-state index contributed by atoms with van der Waals surface area (Å²) in [6.07, 6.45) is 4.32. The van der Waals surface area contributed by atoms with Gasteiger partial charge in [0, 0.05) is 11.9 Å². The van der Waals surface area contributed by atoms with Crippen LogP contribution in [0.4, 0.5) is 5.69 Å². The molecule has 0 saturated carbocycles. The molecule has 1 aromatic rings. The number of methoxy groups -OCH3 is 1. The maximum absolute atomic E-state index is 12.3. The quantitative estimate of drug-likeness (QED) is 0.830. The third kappa shape index (κ3) is 2.99. The summed E-state index contributed by atoms with van der Waals surface area (Å²) in [5, 5.41) is 13.8. The highest BCUT2D eigenvalue weighted by molar-refractivity contribution is 5.96. The van der Waals surface area contributed by atoms with Crippen molar-refractivity contribution in [3.05, 3.63) is 36.4 Å². The van der Waals surface area contributed by atoms with E-state index in [0.29, 0.717) is 24.3 Å². The smallest absolute Gasteiger partial charge is 0.228 e. The van der Waals surface area contributed by atoms with E-state index >= 15 is 0 Å². The van der Waals surface area contributed by atoms with Gasteiger partial charge in [-0.3, -0.25) is 4.79 Å². The van der Waals surface area contributed by atoms with Crippen LogP contribution in [0.25, 0.3) is 0 Å². The molecule has 0 fully saturated rings. The van der Waals surface area contributed by atoms with Crippen LogP contribution >= 0.6 is 0 Å². The van der Waals surface area contributed by atoms with Gasteiger partial charge in [-0.25, -0.2) is 0 Å². The minimum absolute atomic E-state index is 0.326. The summed E-state index contributed by atoms with van der Waals surface area (Å²) in [4.78, 5) is 23.4. The van der Waals surface area contributed by atoms with E-state index in [4.69, 9.17) is 4.74 Å². The largest absolute Gasteiger partial charge is 0.550 e. The standard InChI is InChI=1S/C15H17NO4/c1-20-13-9-5-4-8-12(13)16-14(17)10-6-2-3-7-11(10)15(18)19/h2-5,8-11H,6-7H2,1H3,(H,16,17)(H,18,19)/p-1/t10-,11-/m1/s1. The average molecular weight is 274 g/mol. The fraction of sp³-hybridized carbons (Fsp3) is 0.333. The van der Waals surface area contributed by atoms with Gasteiger partial charge in [0.2, 0.25) is 5.91 Å². The van der Waals surface area contributed by atoms with Crippen molar-refractivity contribution in [1.29, 1.82) is 0 Å². The molecule has 2 atom stereocenters. The number of rotatable bonds is 4. The number of anilines is 1. The van der Waals surface area contributed by atoms with E-state index in [2.05, 4.69) is 5.32 Å². The van der Waals surface area contributed by atoms with Gasteiger partial charge in [-0.2, -0.15) is 0 Å². The molecule has 5 heteroatoms. The number of hydrogen-bond donors (Lipinski definition) is 1. The highest BCUT2D eigenvalue weighted by Crippen LogP contribution is 2.29. The molecule has 1 aliphatic rings. The minimum atomic E-state index is -1.19. The summed E-state index contributed by atoms with van der Waals surface area (Å²) in [5.41, 5.74) is 0.534. The molecule has 0 aliphatic heterocycles. The Hall–Kier alpha value is -2.30. The first kappa shape index (κ1) is 14.1. The van der Waals surface area contributed by atoms with Crippen LogP contribution in [0.5, 0.6) is 5.75 Å². The molecule has 0 bridgehead atoms. The molecular weight excluding hydrogens is 258 g/mol. The van der Waals surface area contributed by atoms with Crippen molar-refractivity contribution in [2.75, 3.05) is 12.4 Å². The van der Waals surface area contributed by atoms with Crippen LogP contribution < -0.4 is 15.2 Å². The Morgan fingerprint density at radius 3 is 2.50 bits per heavy atom. The zero-order chi connectivity index (χ0) is 14.5. The van der Waals surface area contributed by atoms with Crippen LogP contribution in [-0.4, -0.2) is 19.0 Å². The maximum atomic E-state index is 12.3. The molecule has 20 heavy (non-hydrogen) atoms. The zero-order valence-electron chi connectivity index (χ0n) is 11.2. The van der Waals surface area contributed by atoms with Crippen molar-refractivity contribution < 1.29 is 19.4 Å². The van der Waals surface area contributed by atoms with E-state index in [0.717, 1.165) is 0 Å². The molecular formula is C15H16NO4-. The van der Waals surface area contributed by atoms with Crippen molar-refractivity contribution in [3.8, 4) is 5.75 Å². The van der Waals surface area contributed by atoms with E-state index in [1.165, 1.54) is 7.11 Å². The second-order valence-electron chi connectivity index (χ2n) is 4.66. The number of carboxylic acids is 1. The number of hydrogen-bond acceptors (Lipinski definition) is 4. The summed E-state index contributed by atoms with van der Waals surface area (Å²) >= 11 is 0. The number of aliphatic carboxylic acids is 1. The summed E-state index contributed by atoms with van der Waals surface area (Å²) < 4.78 is 5.15. The summed E-state index contributed by atoms with van der Waals surface area (Å²) in [6, 6.07) is 7.01. The van der Waals surface area contributed by atoms with Crippen LogP contribution in [-0.2, 0) is 9.59 Å². The number of para-hydroxylation sites is 2.